The first-order valence-corrected chi connectivity index (χ1v) is 5.44. The molecule has 0 saturated carbocycles. The largest absolute Gasteiger partial charge is 0.380 e. The molecule has 3 N–H and O–H groups in total. The van der Waals surface area contributed by atoms with E-state index in [1.54, 1.807) is 6.20 Å². The maximum absolute atomic E-state index is 5.34. The van der Waals surface area contributed by atoms with Crippen molar-refractivity contribution in [2.24, 2.45) is 5.84 Å². The Kier molecular flexibility index (Phi) is 5.77. The molecule has 1 aromatic heterocycles. The molecule has 0 saturated heterocycles. The summed E-state index contributed by atoms with van der Waals surface area (Å²) >= 11 is 0. The summed E-state index contributed by atoms with van der Waals surface area (Å²) in [6.45, 7) is 5.21. The van der Waals surface area contributed by atoms with Crippen LogP contribution in [0.1, 0.15) is 12.6 Å². The zero-order valence-electron chi connectivity index (χ0n) is 9.94. The van der Waals surface area contributed by atoms with E-state index in [-0.39, 0.29) is 0 Å². The Morgan fingerprint density at radius 1 is 1.56 bits per heavy atom. The van der Waals surface area contributed by atoms with E-state index >= 15 is 0 Å². The average molecular weight is 224 g/mol. The Morgan fingerprint density at radius 2 is 2.38 bits per heavy atom. The topological polar surface area (TPSA) is 63.4 Å². The Balaban J connectivity index is 2.39. The number of likely N-dealkylation sites (N-methyl/N-ethyl adjacent to an activating group) is 1. The van der Waals surface area contributed by atoms with Crippen molar-refractivity contribution in [2.45, 2.75) is 13.5 Å². The zero-order chi connectivity index (χ0) is 11.8. The van der Waals surface area contributed by atoms with Gasteiger partial charge in [0.2, 0.25) is 0 Å². The molecule has 0 bridgehead atoms. The van der Waals surface area contributed by atoms with E-state index in [9.17, 15) is 0 Å². The number of nitrogens with two attached hydrogens (primary N) is 1. The highest BCUT2D eigenvalue weighted by Gasteiger charge is 2.02. The minimum atomic E-state index is 0.752. The van der Waals surface area contributed by atoms with Gasteiger partial charge in [-0.1, -0.05) is 0 Å². The van der Waals surface area contributed by atoms with Gasteiger partial charge in [-0.05, 0) is 26.1 Å². The summed E-state index contributed by atoms with van der Waals surface area (Å²) in [5.41, 5.74) is 4.48. The van der Waals surface area contributed by atoms with Crippen LogP contribution in [-0.2, 0) is 11.3 Å². The number of rotatable bonds is 7. The van der Waals surface area contributed by atoms with Crippen LogP contribution in [0.5, 0.6) is 0 Å². The molecule has 16 heavy (non-hydrogen) atoms. The fraction of sp³-hybridized carbons (Fsp3) is 0.545. The number of nitrogens with zero attached hydrogens (tertiary/aromatic N) is 2. The van der Waals surface area contributed by atoms with Crippen LogP contribution in [0.4, 0.5) is 5.69 Å². The minimum absolute atomic E-state index is 0.752. The highest BCUT2D eigenvalue weighted by atomic mass is 16.5. The molecule has 0 aliphatic carbocycles. The number of aromatic nitrogens is 1. The quantitative estimate of drug-likeness (QED) is 0.408. The van der Waals surface area contributed by atoms with Gasteiger partial charge in [0.05, 0.1) is 18.0 Å². The summed E-state index contributed by atoms with van der Waals surface area (Å²) in [6.07, 6.45) is 1.75. The van der Waals surface area contributed by atoms with Crippen LogP contribution in [0.25, 0.3) is 0 Å². The number of hydrogen-bond acceptors (Lipinski definition) is 5. The second-order valence-corrected chi connectivity index (χ2v) is 3.61. The van der Waals surface area contributed by atoms with Crippen molar-refractivity contribution in [1.82, 2.24) is 9.88 Å². The van der Waals surface area contributed by atoms with E-state index in [1.165, 1.54) is 0 Å². The van der Waals surface area contributed by atoms with Crippen LogP contribution in [0.3, 0.4) is 0 Å². The number of nitrogen functional groups attached to an aromatic ring is 1. The van der Waals surface area contributed by atoms with Gasteiger partial charge in [-0.3, -0.25) is 15.7 Å². The number of anilines is 1. The maximum Gasteiger partial charge on any atom is 0.0593 e. The monoisotopic (exact) mass is 224 g/mol. The Morgan fingerprint density at radius 3 is 3.06 bits per heavy atom. The van der Waals surface area contributed by atoms with Crippen molar-refractivity contribution in [3.8, 4) is 0 Å². The predicted molar refractivity (Wildman–Crippen MR) is 64.9 cm³/mol. The molecular weight excluding hydrogens is 204 g/mol. The molecule has 0 aliphatic rings. The highest BCUT2D eigenvalue weighted by Crippen LogP contribution is 2.07. The lowest BCUT2D eigenvalue weighted by Crippen LogP contribution is -2.23. The SMILES string of the molecule is CCOCCN(C)Cc1cc(NN)ccn1. The lowest BCUT2D eigenvalue weighted by molar-refractivity contribution is 0.120. The normalized spacial score (nSPS) is 10.8. The molecule has 0 radical (unpaired) electrons. The first-order chi connectivity index (χ1) is 7.76. The molecule has 0 aromatic carbocycles. The molecular formula is C11H20N4O. The predicted octanol–water partition coefficient (Wildman–Crippen LogP) is 0.835. The first-order valence-electron chi connectivity index (χ1n) is 5.44. The molecule has 5 heteroatoms. The van der Waals surface area contributed by atoms with Gasteiger partial charge in [0, 0.05) is 25.9 Å². The molecule has 0 atom stereocenters. The van der Waals surface area contributed by atoms with Gasteiger partial charge >= 0.3 is 0 Å². The average Bonchev–Trinajstić information content (AvgIpc) is 2.29. The van der Waals surface area contributed by atoms with Crippen molar-refractivity contribution >= 4 is 5.69 Å². The van der Waals surface area contributed by atoms with Crippen LogP contribution in [-0.4, -0.2) is 36.7 Å². The fourth-order valence-corrected chi connectivity index (χ4v) is 1.37. The van der Waals surface area contributed by atoms with Gasteiger partial charge in [-0.15, -0.1) is 0 Å². The standard InChI is InChI=1S/C11H20N4O/c1-3-16-7-6-15(2)9-11-8-10(14-12)4-5-13-11/h4-5,8H,3,6-7,9,12H2,1-2H3,(H,13,14). The summed E-state index contributed by atoms with van der Waals surface area (Å²) < 4.78 is 5.29. The summed E-state index contributed by atoms with van der Waals surface area (Å²) in [5, 5.41) is 0. The molecule has 90 valence electrons. The first kappa shape index (κ1) is 12.9. The molecule has 5 nitrogen and oxygen atoms in total. The minimum Gasteiger partial charge on any atom is -0.380 e. The van der Waals surface area contributed by atoms with Crippen molar-refractivity contribution < 1.29 is 4.74 Å². The van der Waals surface area contributed by atoms with Crippen LogP contribution in [0.2, 0.25) is 0 Å². The van der Waals surface area contributed by atoms with Crippen molar-refractivity contribution in [1.29, 1.82) is 0 Å². The molecule has 1 heterocycles. The highest BCUT2D eigenvalue weighted by molar-refractivity contribution is 5.41. The Bertz CT molecular complexity index is 306. The van der Waals surface area contributed by atoms with Gasteiger partial charge in [0.25, 0.3) is 0 Å². The summed E-state index contributed by atoms with van der Waals surface area (Å²) in [4.78, 5) is 6.44. The number of pyridine rings is 1. The third-order valence-corrected chi connectivity index (χ3v) is 2.24. The molecule has 0 amide bonds. The molecule has 0 unspecified atom stereocenters. The second kappa shape index (κ2) is 7.16. The van der Waals surface area contributed by atoms with Crippen molar-refractivity contribution in [3.63, 3.8) is 0 Å². The number of nitrogens with one attached hydrogen (secondary N) is 1. The van der Waals surface area contributed by atoms with Gasteiger partial charge in [0.1, 0.15) is 0 Å². The third kappa shape index (κ3) is 4.57. The molecule has 1 rings (SSSR count). The van der Waals surface area contributed by atoms with E-state index in [1.807, 2.05) is 26.1 Å². The molecule has 0 fully saturated rings. The number of ether oxygens (including phenoxy) is 1. The summed E-state index contributed by atoms with van der Waals surface area (Å²) in [5.74, 6) is 5.34. The van der Waals surface area contributed by atoms with Crippen LogP contribution >= 0.6 is 0 Å². The van der Waals surface area contributed by atoms with E-state index in [0.717, 1.165) is 37.7 Å². The van der Waals surface area contributed by atoms with Crippen molar-refractivity contribution in [3.05, 3.63) is 24.0 Å². The van der Waals surface area contributed by atoms with Crippen LogP contribution in [0, 0.1) is 0 Å². The summed E-state index contributed by atoms with van der Waals surface area (Å²) in [7, 11) is 2.04. The molecule has 1 aromatic rings. The van der Waals surface area contributed by atoms with Crippen molar-refractivity contribution in [2.75, 3.05) is 32.2 Å². The molecule has 0 spiro atoms. The van der Waals surface area contributed by atoms with E-state index < -0.39 is 0 Å². The second-order valence-electron chi connectivity index (χ2n) is 3.61. The lowest BCUT2D eigenvalue weighted by Gasteiger charge is -2.16. The van der Waals surface area contributed by atoms with Crippen LogP contribution in [0.15, 0.2) is 18.3 Å². The smallest absolute Gasteiger partial charge is 0.0593 e. The van der Waals surface area contributed by atoms with Gasteiger partial charge < -0.3 is 10.2 Å². The Labute approximate surface area is 96.6 Å². The van der Waals surface area contributed by atoms with E-state index in [0.29, 0.717) is 0 Å². The number of hydrazine groups is 1. The van der Waals surface area contributed by atoms with Gasteiger partial charge in [0.15, 0.2) is 0 Å². The fourth-order valence-electron chi connectivity index (χ4n) is 1.37. The lowest BCUT2D eigenvalue weighted by atomic mass is 10.3. The molecule has 0 aliphatic heterocycles. The van der Waals surface area contributed by atoms with E-state index in [2.05, 4.69) is 15.3 Å². The summed E-state index contributed by atoms with van der Waals surface area (Å²) in [6, 6.07) is 3.78. The van der Waals surface area contributed by atoms with Gasteiger partial charge in [-0.25, -0.2) is 0 Å². The number of hydrogen-bond donors (Lipinski definition) is 2. The van der Waals surface area contributed by atoms with Crippen LogP contribution < -0.4 is 11.3 Å². The zero-order valence-corrected chi connectivity index (χ0v) is 9.94. The Hall–Kier alpha value is -1.17. The van der Waals surface area contributed by atoms with Gasteiger partial charge in [-0.2, -0.15) is 0 Å². The third-order valence-electron chi connectivity index (χ3n) is 2.24. The maximum atomic E-state index is 5.34. The van der Waals surface area contributed by atoms with E-state index in [4.69, 9.17) is 10.6 Å².